The Morgan fingerprint density at radius 2 is 2.00 bits per heavy atom. The third-order valence-corrected chi connectivity index (χ3v) is 5.33. The largest absolute Gasteiger partial charge is 0.406 e. The van der Waals surface area contributed by atoms with Crippen LogP contribution in [-0.2, 0) is 9.59 Å². The number of nitrogens with one attached hydrogen (secondary N) is 1. The molecule has 3 aromatic rings. The number of aromatic nitrogens is 2. The molecule has 1 aromatic carbocycles. The molecule has 6 nitrogen and oxygen atoms in total. The molecule has 3 heterocycles. The number of nitrogens with zero attached hydrogens (tertiary/aromatic N) is 3. The molecule has 0 spiro atoms. The molecule has 152 valence electrons. The van der Waals surface area contributed by atoms with Crippen LogP contribution in [0, 0.1) is 11.7 Å². The molecule has 4 rings (SSSR count). The van der Waals surface area contributed by atoms with E-state index in [1.54, 1.807) is 16.0 Å². The Labute approximate surface area is 165 Å². The third kappa shape index (κ3) is 3.95. The number of hydrogen-bond acceptors (Lipinski definition) is 4. The zero-order chi connectivity index (χ0) is 20.8. The van der Waals surface area contributed by atoms with Crippen LogP contribution in [0.1, 0.15) is 6.42 Å². The zero-order valence-corrected chi connectivity index (χ0v) is 15.6. The van der Waals surface area contributed by atoms with Crippen molar-refractivity contribution in [2.24, 2.45) is 5.92 Å². The molecule has 1 N–H and O–H groups in total. The minimum absolute atomic E-state index is 0.292. The minimum Gasteiger partial charge on any atom is -0.333 e. The summed E-state index contributed by atoms with van der Waals surface area (Å²) >= 11 is 1.33. The van der Waals surface area contributed by atoms with E-state index in [1.807, 2.05) is 0 Å². The van der Waals surface area contributed by atoms with Gasteiger partial charge in [0.25, 0.3) is 0 Å². The quantitative estimate of drug-likeness (QED) is 0.649. The minimum atomic E-state index is -4.52. The average molecular weight is 426 g/mol. The van der Waals surface area contributed by atoms with Crippen LogP contribution in [-0.4, -0.2) is 45.4 Å². The third-order valence-electron chi connectivity index (χ3n) is 4.58. The molecule has 0 unspecified atom stereocenters. The van der Waals surface area contributed by atoms with Crippen LogP contribution in [0.4, 0.5) is 23.4 Å². The lowest BCUT2D eigenvalue weighted by atomic mass is 10.1. The monoisotopic (exact) mass is 426 g/mol. The normalized spacial score (nSPS) is 17.3. The molecule has 1 aliphatic rings. The van der Waals surface area contributed by atoms with Crippen molar-refractivity contribution >= 4 is 33.9 Å². The predicted molar refractivity (Wildman–Crippen MR) is 97.8 cm³/mol. The van der Waals surface area contributed by atoms with Crippen LogP contribution >= 0.6 is 11.3 Å². The second kappa shape index (κ2) is 7.14. The van der Waals surface area contributed by atoms with Crippen molar-refractivity contribution in [3.05, 3.63) is 41.7 Å². The fourth-order valence-corrected chi connectivity index (χ4v) is 3.96. The molecule has 1 aliphatic heterocycles. The number of imidazole rings is 1. The first-order chi connectivity index (χ1) is 13.7. The topological polar surface area (TPSA) is 66.7 Å². The van der Waals surface area contributed by atoms with Gasteiger partial charge in [0.15, 0.2) is 4.96 Å². The molecule has 1 fully saturated rings. The second-order valence-corrected chi connectivity index (χ2v) is 7.52. The van der Waals surface area contributed by atoms with Crippen molar-refractivity contribution in [1.82, 2.24) is 14.3 Å². The Hall–Kier alpha value is -2.95. The summed E-state index contributed by atoms with van der Waals surface area (Å²) < 4.78 is 52.6. The molecule has 29 heavy (non-hydrogen) atoms. The first-order valence-corrected chi connectivity index (χ1v) is 9.46. The van der Waals surface area contributed by atoms with Gasteiger partial charge in [0, 0.05) is 30.1 Å². The van der Waals surface area contributed by atoms with Gasteiger partial charge in [-0.05, 0) is 24.3 Å². The summed E-state index contributed by atoms with van der Waals surface area (Å²) in [7, 11) is 0. The van der Waals surface area contributed by atoms with Gasteiger partial charge in [-0.1, -0.05) is 0 Å². The highest BCUT2D eigenvalue weighted by molar-refractivity contribution is 7.15. The number of fused-ring (bicyclic) bond motifs is 1. The Balaban J connectivity index is 1.59. The van der Waals surface area contributed by atoms with Crippen molar-refractivity contribution in [3.63, 3.8) is 0 Å². The van der Waals surface area contributed by atoms with Gasteiger partial charge in [0.05, 0.1) is 5.92 Å². The van der Waals surface area contributed by atoms with Crippen LogP contribution in [0.15, 0.2) is 35.8 Å². The molecule has 11 heteroatoms. The van der Waals surface area contributed by atoms with Crippen LogP contribution < -0.4 is 5.32 Å². The van der Waals surface area contributed by atoms with Crippen molar-refractivity contribution < 1.29 is 27.2 Å². The molecule has 1 atom stereocenters. The number of carbonyl (C=O) groups excluding carboxylic acids is 2. The predicted octanol–water partition coefficient (Wildman–Crippen LogP) is 3.55. The number of hydrogen-bond donors (Lipinski definition) is 1. The number of thiazole rings is 1. The van der Waals surface area contributed by atoms with Crippen molar-refractivity contribution in [2.75, 3.05) is 18.4 Å². The standard InChI is InChI=1S/C18H14F4N4O2S/c19-12-3-1-10(2-4-12)14-15(26-5-6-29-17(26)23-14)24-16(28)11-7-13(27)25(8-11)9-18(20,21)22/h1-6,11H,7-9H2,(H,24,28)/t11-/m0/s1. The smallest absolute Gasteiger partial charge is 0.333 e. The van der Waals surface area contributed by atoms with Gasteiger partial charge in [0.2, 0.25) is 11.8 Å². The van der Waals surface area contributed by atoms with Gasteiger partial charge in [-0.25, -0.2) is 9.37 Å². The maximum absolute atomic E-state index is 13.2. The lowest BCUT2D eigenvalue weighted by Crippen LogP contribution is -2.36. The van der Waals surface area contributed by atoms with E-state index in [0.717, 1.165) is 0 Å². The zero-order valence-electron chi connectivity index (χ0n) is 14.7. The Morgan fingerprint density at radius 3 is 2.69 bits per heavy atom. The summed E-state index contributed by atoms with van der Waals surface area (Å²) in [5, 5.41) is 4.45. The molecule has 2 amide bonds. The Morgan fingerprint density at radius 1 is 1.28 bits per heavy atom. The summed E-state index contributed by atoms with van der Waals surface area (Å²) in [4.78, 5) is 30.2. The highest BCUT2D eigenvalue weighted by Gasteiger charge is 2.40. The number of likely N-dealkylation sites (tertiary alicyclic amines) is 1. The molecule has 1 saturated heterocycles. The van der Waals surface area contributed by atoms with E-state index in [1.165, 1.54) is 35.6 Å². The van der Waals surface area contributed by atoms with E-state index in [0.29, 0.717) is 26.9 Å². The number of rotatable bonds is 4. The molecule has 0 bridgehead atoms. The Kier molecular flexibility index (Phi) is 4.77. The van der Waals surface area contributed by atoms with E-state index in [4.69, 9.17) is 0 Å². The van der Waals surface area contributed by atoms with Gasteiger partial charge in [-0.2, -0.15) is 13.2 Å². The summed E-state index contributed by atoms with van der Waals surface area (Å²) in [6, 6.07) is 5.56. The number of amides is 2. The lowest BCUT2D eigenvalue weighted by molar-refractivity contribution is -0.157. The summed E-state index contributed by atoms with van der Waals surface area (Å²) in [6.07, 6.45) is -3.13. The van der Waals surface area contributed by atoms with Gasteiger partial charge in [-0.3, -0.25) is 14.0 Å². The fourth-order valence-electron chi connectivity index (χ4n) is 3.25. The summed E-state index contributed by atoms with van der Waals surface area (Å²) in [5.41, 5.74) is 0.973. The van der Waals surface area contributed by atoms with Crippen LogP contribution in [0.25, 0.3) is 16.2 Å². The van der Waals surface area contributed by atoms with Crippen LogP contribution in [0.3, 0.4) is 0 Å². The molecule has 2 aromatic heterocycles. The van der Waals surface area contributed by atoms with E-state index in [2.05, 4.69) is 10.3 Å². The number of halogens is 4. The highest BCUT2D eigenvalue weighted by Crippen LogP contribution is 2.32. The molecular weight excluding hydrogens is 412 g/mol. The van der Waals surface area contributed by atoms with Gasteiger partial charge >= 0.3 is 6.18 Å². The molecule has 0 saturated carbocycles. The number of benzene rings is 1. The van der Waals surface area contributed by atoms with E-state index < -0.39 is 36.3 Å². The second-order valence-electron chi connectivity index (χ2n) is 6.65. The fraction of sp³-hybridized carbons (Fsp3) is 0.278. The summed E-state index contributed by atoms with van der Waals surface area (Å²) in [6.45, 7) is -1.68. The highest BCUT2D eigenvalue weighted by atomic mass is 32.1. The Bertz CT molecular complexity index is 1070. The number of anilines is 1. The van der Waals surface area contributed by atoms with Crippen molar-refractivity contribution in [3.8, 4) is 11.3 Å². The van der Waals surface area contributed by atoms with Crippen molar-refractivity contribution in [1.29, 1.82) is 0 Å². The average Bonchev–Trinajstić information content (AvgIpc) is 3.31. The molecule has 0 radical (unpaired) electrons. The van der Waals surface area contributed by atoms with E-state index in [-0.39, 0.29) is 13.0 Å². The maximum atomic E-state index is 13.2. The van der Waals surface area contributed by atoms with E-state index in [9.17, 15) is 27.2 Å². The first-order valence-electron chi connectivity index (χ1n) is 8.58. The number of alkyl halides is 3. The van der Waals surface area contributed by atoms with Gasteiger partial charge in [-0.15, -0.1) is 11.3 Å². The van der Waals surface area contributed by atoms with Crippen LogP contribution in [0.5, 0.6) is 0 Å². The van der Waals surface area contributed by atoms with Crippen molar-refractivity contribution in [2.45, 2.75) is 12.6 Å². The summed E-state index contributed by atoms with van der Waals surface area (Å²) in [5.74, 6) is -2.29. The lowest BCUT2D eigenvalue weighted by Gasteiger charge is -2.18. The molecule has 0 aliphatic carbocycles. The number of carbonyl (C=O) groups is 2. The SMILES string of the molecule is O=C(Nc1c(-c2ccc(F)cc2)nc2sccn12)[C@H]1CC(=O)N(CC(F)(F)F)C1. The maximum Gasteiger partial charge on any atom is 0.406 e. The first kappa shape index (κ1) is 19.4. The van der Waals surface area contributed by atoms with E-state index >= 15 is 0 Å². The van der Waals surface area contributed by atoms with Gasteiger partial charge < -0.3 is 10.2 Å². The molecular formula is C18H14F4N4O2S. The van der Waals surface area contributed by atoms with Crippen LogP contribution in [0.2, 0.25) is 0 Å². The van der Waals surface area contributed by atoms with Gasteiger partial charge in [0.1, 0.15) is 23.9 Å².